The molecule has 0 bridgehead atoms. The first-order valence-electron chi connectivity index (χ1n) is 8.91. The van der Waals surface area contributed by atoms with Crippen molar-refractivity contribution in [3.63, 3.8) is 0 Å². The minimum absolute atomic E-state index is 0. The molecule has 9 heteroatoms. The Kier molecular flexibility index (Phi) is 11.1. The van der Waals surface area contributed by atoms with Gasteiger partial charge in [-0.3, -0.25) is 4.79 Å². The number of hydrogen-bond donors (Lipinski definition) is 2. The monoisotopic (exact) mass is 433 g/mol. The third-order valence-corrected chi connectivity index (χ3v) is 5.04. The van der Waals surface area contributed by atoms with Gasteiger partial charge in [0.25, 0.3) is 0 Å². The van der Waals surface area contributed by atoms with Crippen molar-refractivity contribution in [1.82, 2.24) is 25.1 Å². The van der Waals surface area contributed by atoms with Gasteiger partial charge in [0.1, 0.15) is 12.4 Å². The molecule has 0 radical (unpaired) electrons. The van der Waals surface area contributed by atoms with E-state index in [-0.39, 0.29) is 30.7 Å². The van der Waals surface area contributed by atoms with E-state index in [1.54, 1.807) is 11.8 Å². The molecule has 1 fully saturated rings. The van der Waals surface area contributed by atoms with Gasteiger partial charge in [0.05, 0.1) is 16.8 Å². The Labute approximate surface area is 177 Å². The molecule has 2 heterocycles. The number of aromatic nitrogens is 2. The number of benzene rings is 1. The smallest absolute Gasteiger partial charge is 0.240 e. The number of para-hydroxylation sites is 2. The van der Waals surface area contributed by atoms with Crippen molar-refractivity contribution in [2.75, 3.05) is 45.5 Å². The van der Waals surface area contributed by atoms with Crippen LogP contribution < -0.4 is 10.6 Å². The Morgan fingerprint density at radius 1 is 1.26 bits per heavy atom. The number of carbonyl (C=O) groups excluding carboxylic acids is 1. The van der Waals surface area contributed by atoms with Crippen molar-refractivity contribution in [3.05, 3.63) is 30.1 Å². The number of piperazine rings is 1. The van der Waals surface area contributed by atoms with Crippen molar-refractivity contribution in [2.24, 2.45) is 0 Å². The molecule has 0 aliphatic carbocycles. The summed E-state index contributed by atoms with van der Waals surface area (Å²) in [6.07, 6.45) is 3.05. The molecule has 1 saturated heterocycles. The number of fused-ring (bicyclic) bond motifs is 1. The van der Waals surface area contributed by atoms with Crippen LogP contribution in [0.5, 0.6) is 0 Å². The van der Waals surface area contributed by atoms with E-state index in [2.05, 4.69) is 26.8 Å². The fourth-order valence-corrected chi connectivity index (χ4v) is 3.68. The van der Waals surface area contributed by atoms with Crippen LogP contribution in [0.2, 0.25) is 0 Å². The molecule has 2 aromatic rings. The highest BCUT2D eigenvalue weighted by atomic mass is 35.5. The zero-order chi connectivity index (χ0) is 17.5. The highest BCUT2D eigenvalue weighted by molar-refractivity contribution is 7.97. The maximum Gasteiger partial charge on any atom is 0.240 e. The van der Waals surface area contributed by atoms with Crippen molar-refractivity contribution in [1.29, 1.82) is 0 Å². The van der Waals surface area contributed by atoms with Crippen LogP contribution in [0.4, 0.5) is 0 Å². The summed E-state index contributed by atoms with van der Waals surface area (Å²) in [6.45, 7) is 6.46. The lowest BCUT2D eigenvalue weighted by atomic mass is 10.3. The summed E-state index contributed by atoms with van der Waals surface area (Å²) in [6, 6.07) is 8.01. The van der Waals surface area contributed by atoms with Gasteiger partial charge in [-0.1, -0.05) is 12.1 Å². The summed E-state index contributed by atoms with van der Waals surface area (Å²) in [5, 5.41) is 6.41. The van der Waals surface area contributed by atoms with Gasteiger partial charge >= 0.3 is 0 Å². The van der Waals surface area contributed by atoms with Crippen molar-refractivity contribution in [3.8, 4) is 0 Å². The molecule has 6 nitrogen and oxygen atoms in total. The number of halogens is 2. The maximum atomic E-state index is 12.4. The van der Waals surface area contributed by atoms with E-state index in [1.807, 2.05) is 28.8 Å². The number of carbonyl (C=O) groups is 1. The van der Waals surface area contributed by atoms with Crippen LogP contribution in [0.15, 0.2) is 24.3 Å². The van der Waals surface area contributed by atoms with Gasteiger partial charge in [-0.25, -0.2) is 4.98 Å². The van der Waals surface area contributed by atoms with E-state index >= 15 is 0 Å². The molecule has 1 aromatic heterocycles. The number of thioether (sulfide) groups is 1. The lowest BCUT2D eigenvalue weighted by Gasteiger charge is -2.27. The molecule has 1 amide bonds. The Morgan fingerprint density at radius 3 is 2.74 bits per heavy atom. The average molecular weight is 434 g/mol. The molecule has 0 saturated carbocycles. The number of nitrogens with zero attached hydrogens (tertiary/aromatic N) is 3. The van der Waals surface area contributed by atoms with Gasteiger partial charge in [-0.15, -0.1) is 24.8 Å². The number of nitrogens with one attached hydrogen (secondary N) is 2. The number of imidazole rings is 1. The summed E-state index contributed by atoms with van der Waals surface area (Å²) >= 11 is 1.72. The Hall–Kier alpha value is -0.990. The van der Waals surface area contributed by atoms with Crippen LogP contribution in [0, 0.1) is 0 Å². The van der Waals surface area contributed by atoms with Crippen LogP contribution in [0.3, 0.4) is 0 Å². The first kappa shape index (κ1) is 24.0. The predicted molar refractivity (Wildman–Crippen MR) is 118 cm³/mol. The standard InChI is InChI=1S/C18H27N5OS.2ClH/c1-25-14-17-21-15-5-2-3-6-16(15)23(17)13-18(24)20-7-4-10-22-11-8-19-9-12-22;;/h2-3,5-6,19H,4,7-14H2,1H3,(H,20,24);2*1H. The van der Waals surface area contributed by atoms with Gasteiger partial charge in [0.15, 0.2) is 0 Å². The van der Waals surface area contributed by atoms with E-state index in [1.165, 1.54) is 0 Å². The largest absolute Gasteiger partial charge is 0.355 e. The van der Waals surface area contributed by atoms with Crippen LogP contribution in [-0.2, 0) is 17.1 Å². The van der Waals surface area contributed by atoms with Crippen LogP contribution in [0.25, 0.3) is 11.0 Å². The van der Waals surface area contributed by atoms with E-state index in [0.717, 1.165) is 68.3 Å². The fraction of sp³-hybridized carbons (Fsp3) is 0.556. The Morgan fingerprint density at radius 2 is 2.00 bits per heavy atom. The van der Waals surface area contributed by atoms with E-state index in [4.69, 9.17) is 0 Å². The zero-order valence-electron chi connectivity index (χ0n) is 15.6. The minimum Gasteiger partial charge on any atom is -0.355 e. The molecule has 2 N–H and O–H groups in total. The third-order valence-electron chi connectivity index (χ3n) is 4.49. The van der Waals surface area contributed by atoms with Gasteiger partial charge in [-0.2, -0.15) is 11.8 Å². The highest BCUT2D eigenvalue weighted by Crippen LogP contribution is 2.18. The lowest BCUT2D eigenvalue weighted by molar-refractivity contribution is -0.121. The SMILES string of the molecule is CSCc1nc2ccccc2n1CC(=O)NCCCN1CCNCC1.Cl.Cl. The number of amides is 1. The van der Waals surface area contributed by atoms with Crippen molar-refractivity contribution in [2.45, 2.75) is 18.7 Å². The molecule has 27 heavy (non-hydrogen) atoms. The second kappa shape index (κ2) is 12.5. The fourth-order valence-electron chi connectivity index (χ4n) is 3.21. The van der Waals surface area contributed by atoms with E-state index < -0.39 is 0 Å². The van der Waals surface area contributed by atoms with Crippen molar-refractivity contribution < 1.29 is 4.79 Å². The van der Waals surface area contributed by atoms with Gasteiger partial charge in [0.2, 0.25) is 5.91 Å². The zero-order valence-corrected chi connectivity index (χ0v) is 18.1. The third kappa shape index (κ3) is 6.84. The summed E-state index contributed by atoms with van der Waals surface area (Å²) in [5.74, 6) is 1.83. The molecular weight excluding hydrogens is 405 g/mol. The van der Waals surface area contributed by atoms with E-state index in [9.17, 15) is 4.79 Å². The normalized spacial score (nSPS) is 14.4. The Bertz CT molecular complexity index is 706. The molecular formula is C18H29Cl2N5OS. The number of rotatable bonds is 8. The van der Waals surface area contributed by atoms with Gasteiger partial charge in [-0.05, 0) is 31.4 Å². The lowest BCUT2D eigenvalue weighted by Crippen LogP contribution is -2.44. The van der Waals surface area contributed by atoms with Crippen molar-refractivity contribution >= 4 is 53.5 Å². The van der Waals surface area contributed by atoms with Crippen LogP contribution in [-0.4, -0.2) is 65.9 Å². The molecule has 3 rings (SSSR count). The maximum absolute atomic E-state index is 12.4. The first-order chi connectivity index (χ1) is 12.3. The molecule has 1 aliphatic heterocycles. The number of hydrogen-bond acceptors (Lipinski definition) is 5. The first-order valence-corrected chi connectivity index (χ1v) is 10.3. The Balaban J connectivity index is 0.00000182. The van der Waals surface area contributed by atoms with Crippen LogP contribution in [0.1, 0.15) is 12.2 Å². The predicted octanol–water partition coefficient (Wildman–Crippen LogP) is 2.15. The van der Waals surface area contributed by atoms with Crippen LogP contribution >= 0.6 is 36.6 Å². The summed E-state index contributed by atoms with van der Waals surface area (Å²) in [5.41, 5.74) is 1.99. The summed E-state index contributed by atoms with van der Waals surface area (Å²) in [4.78, 5) is 19.5. The van der Waals surface area contributed by atoms with Gasteiger partial charge < -0.3 is 20.1 Å². The second-order valence-electron chi connectivity index (χ2n) is 6.33. The molecule has 0 spiro atoms. The molecule has 0 atom stereocenters. The molecule has 1 aliphatic rings. The van der Waals surface area contributed by atoms with Gasteiger partial charge in [0, 0.05) is 32.7 Å². The highest BCUT2D eigenvalue weighted by Gasteiger charge is 2.13. The molecule has 1 aromatic carbocycles. The minimum atomic E-state index is 0. The summed E-state index contributed by atoms with van der Waals surface area (Å²) < 4.78 is 2.04. The molecule has 0 unspecified atom stereocenters. The second-order valence-corrected chi connectivity index (χ2v) is 7.20. The quantitative estimate of drug-likeness (QED) is 0.624. The average Bonchev–Trinajstić information content (AvgIpc) is 2.97. The van der Waals surface area contributed by atoms with E-state index in [0.29, 0.717) is 6.54 Å². The topological polar surface area (TPSA) is 62.2 Å². The molecule has 152 valence electrons. The summed E-state index contributed by atoms with van der Waals surface area (Å²) in [7, 11) is 0.